The van der Waals surface area contributed by atoms with Gasteiger partial charge in [0.05, 0.1) is 24.5 Å². The molecule has 13 nitrogen and oxygen atoms in total. The summed E-state index contributed by atoms with van der Waals surface area (Å²) in [5, 5.41) is 24.2. The number of ether oxygens (including phenoxy) is 5. The number of nitrogens with one attached hydrogen (secondary N) is 1. The molecule has 2 aliphatic carbocycles. The first kappa shape index (κ1) is 30.6. The molecule has 3 N–H and O–H groups in total. The van der Waals surface area contributed by atoms with Crippen LogP contribution in [0.2, 0.25) is 0 Å². The summed E-state index contributed by atoms with van der Waals surface area (Å²) < 4.78 is 27.7. The van der Waals surface area contributed by atoms with Gasteiger partial charge < -0.3 is 44.1 Å². The maximum Gasteiger partial charge on any atom is 0.509 e. The van der Waals surface area contributed by atoms with Crippen LogP contribution in [-0.2, 0) is 40.4 Å². The van der Waals surface area contributed by atoms with Crippen molar-refractivity contribution in [3.63, 3.8) is 0 Å². The van der Waals surface area contributed by atoms with E-state index in [0.29, 0.717) is 30.9 Å². The Balaban J connectivity index is 1.33. The van der Waals surface area contributed by atoms with E-state index in [1.807, 2.05) is 19.2 Å². The Morgan fingerprint density at radius 2 is 1.95 bits per heavy atom. The standard InChI is InChI=1S/C30H38N2O11/c1-15(40-27(37)43-28(2,3)4)25(34)31-17(26(35)36)14-21(33)41-19-9-10-30(38)20-13-16-7-8-18(39-6)23-22(16)29(30,24(19)42-23)11-12-32(20)5/h7-9,15,17,20,24,38H,10-14H2,1-6H3,(H,31,34)(H,35,36)/t15-,17-,20-,24-,29-,30+/m0/s1. The minimum atomic E-state index is -1.67. The fourth-order valence-corrected chi connectivity index (χ4v) is 6.89. The largest absolute Gasteiger partial charge is 0.509 e. The van der Waals surface area contributed by atoms with Crippen LogP contribution in [0.25, 0.3) is 0 Å². The second-order valence-corrected chi connectivity index (χ2v) is 12.6. The first-order valence-electron chi connectivity index (χ1n) is 14.2. The van der Waals surface area contributed by atoms with Crippen LogP contribution in [-0.4, -0.2) is 95.3 Å². The van der Waals surface area contributed by atoms with Crippen LogP contribution in [0.1, 0.15) is 58.1 Å². The summed E-state index contributed by atoms with van der Waals surface area (Å²) in [6.07, 6.45) is -1.07. The highest BCUT2D eigenvalue weighted by molar-refractivity contribution is 5.89. The van der Waals surface area contributed by atoms with Crippen molar-refractivity contribution in [1.29, 1.82) is 0 Å². The molecule has 1 aromatic rings. The first-order valence-corrected chi connectivity index (χ1v) is 14.2. The molecule has 234 valence electrons. The predicted molar refractivity (Wildman–Crippen MR) is 149 cm³/mol. The highest BCUT2D eigenvalue weighted by atomic mass is 16.7. The SMILES string of the molecule is COc1ccc2c3c1O[C@H]1C(OC(=O)C[C@H](NC(=O)[C@H](C)OC(=O)OC(C)(C)C)C(=O)O)=CC[C@@]4(O)[C@H](C2)N(C)CC[C@]314. The maximum atomic E-state index is 13.1. The summed E-state index contributed by atoms with van der Waals surface area (Å²) in [7, 11) is 3.51. The summed E-state index contributed by atoms with van der Waals surface area (Å²) in [4.78, 5) is 51.7. The minimum absolute atomic E-state index is 0.168. The van der Waals surface area contributed by atoms with Gasteiger partial charge in [0, 0.05) is 18.0 Å². The van der Waals surface area contributed by atoms with E-state index in [4.69, 9.17) is 23.7 Å². The number of likely N-dealkylation sites (tertiary alicyclic amines) is 1. The summed E-state index contributed by atoms with van der Waals surface area (Å²) in [5.74, 6) is -2.16. The van der Waals surface area contributed by atoms with Gasteiger partial charge in [-0.25, -0.2) is 9.59 Å². The van der Waals surface area contributed by atoms with Crippen molar-refractivity contribution in [1.82, 2.24) is 10.2 Å². The van der Waals surface area contributed by atoms with Gasteiger partial charge in [-0.05, 0) is 71.8 Å². The van der Waals surface area contributed by atoms with E-state index < -0.39 is 65.3 Å². The van der Waals surface area contributed by atoms with E-state index >= 15 is 0 Å². The summed E-state index contributed by atoms with van der Waals surface area (Å²) in [5.41, 5.74) is -1.07. The number of carbonyl (C=O) groups is 4. The lowest BCUT2D eigenvalue weighted by Gasteiger charge is -2.61. The van der Waals surface area contributed by atoms with Crippen LogP contribution in [0.4, 0.5) is 4.79 Å². The molecule has 1 fully saturated rings. The minimum Gasteiger partial charge on any atom is -0.493 e. The molecular weight excluding hydrogens is 564 g/mol. The number of carboxylic acid groups (broad SMARTS) is 1. The lowest BCUT2D eigenvalue weighted by atomic mass is 9.50. The molecule has 6 atom stereocenters. The number of nitrogens with zero attached hydrogens (tertiary/aromatic N) is 1. The number of hydrogen-bond donors (Lipinski definition) is 3. The molecule has 1 aromatic carbocycles. The number of amides is 1. The summed E-state index contributed by atoms with van der Waals surface area (Å²) in [6, 6.07) is 1.95. The monoisotopic (exact) mass is 602 g/mol. The molecule has 1 spiro atoms. The lowest BCUT2D eigenvalue weighted by Crippen LogP contribution is -2.74. The van der Waals surface area contributed by atoms with E-state index in [1.165, 1.54) is 14.0 Å². The maximum absolute atomic E-state index is 13.1. The van der Waals surface area contributed by atoms with E-state index in [2.05, 4.69) is 10.2 Å². The molecular formula is C30H38N2O11. The van der Waals surface area contributed by atoms with Gasteiger partial charge in [-0.3, -0.25) is 9.59 Å². The van der Waals surface area contributed by atoms with Crippen LogP contribution >= 0.6 is 0 Å². The van der Waals surface area contributed by atoms with E-state index in [0.717, 1.165) is 11.1 Å². The van der Waals surface area contributed by atoms with Gasteiger partial charge in [0.2, 0.25) is 0 Å². The topological polar surface area (TPSA) is 170 Å². The molecule has 2 heterocycles. The first-order chi connectivity index (χ1) is 20.1. The van der Waals surface area contributed by atoms with Crippen molar-refractivity contribution in [2.45, 2.75) is 94.3 Å². The molecule has 1 saturated heterocycles. The second-order valence-electron chi connectivity index (χ2n) is 12.6. The number of esters is 1. The van der Waals surface area contributed by atoms with E-state index in [1.54, 1.807) is 26.8 Å². The zero-order valence-corrected chi connectivity index (χ0v) is 25.1. The van der Waals surface area contributed by atoms with Gasteiger partial charge in [0.15, 0.2) is 23.7 Å². The zero-order chi connectivity index (χ0) is 31.5. The number of benzene rings is 1. The Morgan fingerprint density at radius 3 is 2.60 bits per heavy atom. The zero-order valence-electron chi connectivity index (χ0n) is 25.1. The third kappa shape index (κ3) is 5.07. The van der Waals surface area contributed by atoms with Gasteiger partial charge in [0.1, 0.15) is 17.4 Å². The number of carboxylic acids is 1. The van der Waals surface area contributed by atoms with E-state index in [9.17, 15) is 29.4 Å². The van der Waals surface area contributed by atoms with Gasteiger partial charge in [-0.2, -0.15) is 0 Å². The number of likely N-dealkylation sites (N-methyl/N-ethyl adjacent to an activating group) is 1. The number of aliphatic carboxylic acids is 1. The summed E-state index contributed by atoms with van der Waals surface area (Å²) >= 11 is 0. The van der Waals surface area contributed by atoms with Gasteiger partial charge in [0.25, 0.3) is 5.91 Å². The Bertz CT molecular complexity index is 1380. The molecule has 0 aromatic heterocycles. The molecule has 5 rings (SSSR count). The Labute approximate surface area is 249 Å². The number of carbonyl (C=O) groups excluding carboxylic acids is 3. The van der Waals surface area contributed by atoms with Gasteiger partial charge in [-0.1, -0.05) is 6.07 Å². The van der Waals surface area contributed by atoms with Crippen molar-refractivity contribution in [3.05, 3.63) is 35.1 Å². The van der Waals surface area contributed by atoms with Crippen molar-refractivity contribution in [2.24, 2.45) is 0 Å². The number of methoxy groups -OCH3 is 1. The fraction of sp³-hybridized carbons (Fsp3) is 0.600. The normalized spacial score (nSPS) is 28.3. The van der Waals surface area contributed by atoms with Gasteiger partial charge >= 0.3 is 18.1 Å². The predicted octanol–water partition coefficient (Wildman–Crippen LogP) is 1.82. The average Bonchev–Trinajstić information content (AvgIpc) is 3.26. The Kier molecular flexibility index (Phi) is 7.62. The number of aliphatic hydroxyl groups is 1. The van der Waals surface area contributed by atoms with E-state index in [-0.39, 0.29) is 18.2 Å². The van der Waals surface area contributed by atoms with Crippen LogP contribution in [0.15, 0.2) is 24.0 Å². The molecule has 0 unspecified atom stereocenters. The molecule has 2 bridgehead atoms. The van der Waals surface area contributed by atoms with Crippen LogP contribution in [0.5, 0.6) is 11.5 Å². The molecule has 4 aliphatic rings. The third-order valence-electron chi connectivity index (χ3n) is 8.81. The highest BCUT2D eigenvalue weighted by Crippen LogP contribution is 2.65. The van der Waals surface area contributed by atoms with Crippen LogP contribution < -0.4 is 14.8 Å². The summed E-state index contributed by atoms with van der Waals surface area (Å²) in [6.45, 7) is 6.80. The van der Waals surface area contributed by atoms with Crippen LogP contribution in [0, 0.1) is 0 Å². The number of hydrogen-bond acceptors (Lipinski definition) is 11. The second kappa shape index (κ2) is 10.7. The average molecular weight is 603 g/mol. The Hall–Kier alpha value is -3.84. The van der Waals surface area contributed by atoms with Crippen molar-refractivity contribution in [2.75, 3.05) is 20.7 Å². The number of piperidine rings is 1. The highest BCUT2D eigenvalue weighted by Gasteiger charge is 2.72. The molecule has 0 radical (unpaired) electrons. The smallest absolute Gasteiger partial charge is 0.493 e. The Morgan fingerprint density at radius 1 is 1.23 bits per heavy atom. The fourth-order valence-electron chi connectivity index (χ4n) is 6.89. The molecule has 2 aliphatic heterocycles. The molecule has 13 heteroatoms. The van der Waals surface area contributed by atoms with Gasteiger partial charge in [-0.15, -0.1) is 0 Å². The molecule has 43 heavy (non-hydrogen) atoms. The van der Waals surface area contributed by atoms with Crippen molar-refractivity contribution < 1.29 is 53.1 Å². The molecule has 0 saturated carbocycles. The number of rotatable bonds is 8. The van der Waals surface area contributed by atoms with Crippen molar-refractivity contribution >= 4 is 24.0 Å². The molecule has 1 amide bonds. The quantitative estimate of drug-likeness (QED) is 0.370. The van der Waals surface area contributed by atoms with Crippen molar-refractivity contribution in [3.8, 4) is 11.5 Å². The lowest BCUT2D eigenvalue weighted by molar-refractivity contribution is -0.169. The van der Waals surface area contributed by atoms with Crippen LogP contribution in [0.3, 0.4) is 0 Å². The third-order valence-corrected chi connectivity index (χ3v) is 8.81.